The van der Waals surface area contributed by atoms with Gasteiger partial charge in [0, 0.05) is 31.1 Å². The molecule has 2 atom stereocenters. The Kier molecular flexibility index (Phi) is 8.34. The van der Waals surface area contributed by atoms with Crippen LogP contribution in [0.5, 0.6) is 0 Å². The lowest BCUT2D eigenvalue weighted by Gasteiger charge is -2.38. The lowest BCUT2D eigenvalue weighted by atomic mass is 9.96. The van der Waals surface area contributed by atoms with Crippen LogP contribution in [0.2, 0.25) is 0 Å². The Morgan fingerprint density at radius 1 is 1.21 bits per heavy atom. The van der Waals surface area contributed by atoms with Crippen molar-refractivity contribution in [2.24, 2.45) is 0 Å². The maximum atomic E-state index is 14.0. The predicted molar refractivity (Wildman–Crippen MR) is 131 cm³/mol. The summed E-state index contributed by atoms with van der Waals surface area (Å²) in [6.45, 7) is 15.9. The Balaban J connectivity index is 1.67. The van der Waals surface area contributed by atoms with Gasteiger partial charge < -0.3 is 19.5 Å². The average Bonchev–Trinajstić information content (AvgIpc) is 3.13. The van der Waals surface area contributed by atoms with Crippen LogP contribution in [0.4, 0.5) is 9.18 Å². The quantitative estimate of drug-likeness (QED) is 0.572. The van der Waals surface area contributed by atoms with E-state index in [1.54, 1.807) is 6.07 Å². The summed E-state index contributed by atoms with van der Waals surface area (Å²) in [7, 11) is 0. The van der Waals surface area contributed by atoms with E-state index in [-0.39, 0.29) is 17.9 Å². The van der Waals surface area contributed by atoms with Gasteiger partial charge in [0.05, 0.1) is 6.04 Å². The first-order chi connectivity index (χ1) is 15.9. The second kappa shape index (κ2) is 10.8. The summed E-state index contributed by atoms with van der Waals surface area (Å²) in [5, 5.41) is 11.7. The number of amides is 1. The van der Waals surface area contributed by atoms with Gasteiger partial charge in [-0.25, -0.2) is 9.18 Å². The normalized spacial score (nSPS) is 17.6. The number of rotatable bonds is 7. The Morgan fingerprint density at radius 2 is 1.88 bits per heavy atom. The van der Waals surface area contributed by atoms with Crippen molar-refractivity contribution in [2.75, 3.05) is 13.1 Å². The highest BCUT2D eigenvalue weighted by Crippen LogP contribution is 2.30. The summed E-state index contributed by atoms with van der Waals surface area (Å²) in [6.07, 6.45) is 2.22. The van der Waals surface area contributed by atoms with E-state index in [1.165, 1.54) is 12.1 Å². The lowest BCUT2D eigenvalue weighted by Crippen LogP contribution is -2.43. The van der Waals surface area contributed by atoms with Crippen molar-refractivity contribution in [1.82, 2.24) is 25.0 Å². The molecule has 188 valence electrons. The fraction of sp³-hybridized carbons (Fsp3) is 0.654. The molecule has 1 unspecified atom stereocenters. The molecular weight excluding hydrogens is 433 g/mol. The molecule has 1 aromatic heterocycles. The fourth-order valence-electron chi connectivity index (χ4n) is 4.76. The second-order valence-electron chi connectivity index (χ2n) is 10.7. The highest BCUT2D eigenvalue weighted by Gasteiger charge is 2.29. The molecule has 34 heavy (non-hydrogen) atoms. The maximum Gasteiger partial charge on any atom is 0.408 e. The molecule has 1 amide bonds. The van der Waals surface area contributed by atoms with E-state index in [0.29, 0.717) is 18.4 Å². The number of nitrogens with one attached hydrogen (secondary N) is 1. The molecule has 0 spiro atoms. The molecule has 1 saturated heterocycles. The predicted octanol–water partition coefficient (Wildman–Crippen LogP) is 5.53. The molecule has 0 bridgehead atoms. The first-order valence-electron chi connectivity index (χ1n) is 12.3. The van der Waals surface area contributed by atoms with Crippen molar-refractivity contribution in [1.29, 1.82) is 0 Å². The first-order valence-corrected chi connectivity index (χ1v) is 12.3. The molecule has 3 rings (SSSR count). The molecule has 1 N–H and O–H groups in total. The summed E-state index contributed by atoms with van der Waals surface area (Å²) < 4.78 is 21.7. The molecule has 2 aromatic rings. The molecule has 2 heterocycles. The molecule has 0 radical (unpaired) electrons. The Hall–Kier alpha value is -2.48. The van der Waals surface area contributed by atoms with Gasteiger partial charge in [0.15, 0.2) is 0 Å². The van der Waals surface area contributed by atoms with E-state index in [4.69, 9.17) is 4.74 Å². The molecule has 1 aromatic carbocycles. The fourth-order valence-corrected chi connectivity index (χ4v) is 4.76. The second-order valence-corrected chi connectivity index (χ2v) is 10.7. The number of carbonyl (C=O) groups is 1. The lowest BCUT2D eigenvalue weighted by molar-refractivity contribution is 0.0486. The largest absolute Gasteiger partial charge is 0.444 e. The van der Waals surface area contributed by atoms with Gasteiger partial charge in [-0.3, -0.25) is 0 Å². The van der Waals surface area contributed by atoms with Crippen LogP contribution in [0, 0.1) is 12.7 Å². The maximum absolute atomic E-state index is 14.0. The minimum atomic E-state index is -0.598. The van der Waals surface area contributed by atoms with Crippen LogP contribution in [0.1, 0.15) is 96.0 Å². The SMILES string of the molecule is Cc1nnc(C(C)C)n1C1CCN(C(C)C[C@H](NC(=O)OC(C)(C)C)c2cccc(F)c2)CC1. The number of benzene rings is 1. The smallest absolute Gasteiger partial charge is 0.408 e. The van der Waals surface area contributed by atoms with Crippen LogP contribution in [0.15, 0.2) is 24.3 Å². The number of likely N-dealkylation sites (tertiary alicyclic amines) is 1. The van der Waals surface area contributed by atoms with Gasteiger partial charge in [-0.05, 0) is 71.6 Å². The van der Waals surface area contributed by atoms with Gasteiger partial charge in [-0.1, -0.05) is 26.0 Å². The van der Waals surface area contributed by atoms with E-state index in [1.807, 2.05) is 33.8 Å². The van der Waals surface area contributed by atoms with Gasteiger partial charge in [0.1, 0.15) is 23.1 Å². The molecule has 8 heteroatoms. The van der Waals surface area contributed by atoms with Crippen molar-refractivity contribution in [3.8, 4) is 0 Å². The van der Waals surface area contributed by atoms with E-state index >= 15 is 0 Å². The third kappa shape index (κ3) is 6.78. The van der Waals surface area contributed by atoms with Crippen molar-refractivity contribution in [3.05, 3.63) is 47.3 Å². The molecular formula is C26H40FN5O2. The minimum Gasteiger partial charge on any atom is -0.444 e. The van der Waals surface area contributed by atoms with E-state index in [2.05, 4.69) is 45.8 Å². The number of nitrogens with zero attached hydrogens (tertiary/aromatic N) is 4. The number of hydrogen-bond acceptors (Lipinski definition) is 5. The average molecular weight is 474 g/mol. The highest BCUT2D eigenvalue weighted by atomic mass is 19.1. The molecule has 0 saturated carbocycles. The standard InChI is InChI=1S/C26H40FN5O2/c1-17(2)24-30-29-19(4)32(24)22-11-13-31(14-12-22)18(3)15-23(20-9-8-10-21(27)16-20)28-25(33)34-26(5,6)7/h8-10,16-18,22-23H,11-15H2,1-7H3,(H,28,33)/t18?,23-/m0/s1. The molecule has 7 nitrogen and oxygen atoms in total. The first kappa shape index (κ1) is 26.1. The van der Waals surface area contributed by atoms with E-state index in [0.717, 1.165) is 43.1 Å². The van der Waals surface area contributed by atoms with Crippen molar-refractivity contribution < 1.29 is 13.9 Å². The van der Waals surface area contributed by atoms with Crippen molar-refractivity contribution >= 4 is 6.09 Å². The Morgan fingerprint density at radius 3 is 2.47 bits per heavy atom. The molecule has 1 aliphatic heterocycles. The highest BCUT2D eigenvalue weighted by molar-refractivity contribution is 5.68. The van der Waals surface area contributed by atoms with Crippen LogP contribution >= 0.6 is 0 Å². The number of alkyl carbamates (subject to hydrolysis) is 1. The summed E-state index contributed by atoms with van der Waals surface area (Å²) >= 11 is 0. The zero-order valence-electron chi connectivity index (χ0n) is 21.6. The number of hydrogen-bond donors (Lipinski definition) is 1. The Labute approximate surface area is 203 Å². The molecule has 1 aliphatic rings. The third-order valence-electron chi connectivity index (χ3n) is 6.42. The summed E-state index contributed by atoms with van der Waals surface area (Å²) in [6, 6.07) is 6.70. The van der Waals surface area contributed by atoms with Crippen LogP contribution in [0.25, 0.3) is 0 Å². The number of piperidine rings is 1. The molecule has 1 fully saturated rings. The van der Waals surface area contributed by atoms with Gasteiger partial charge in [-0.2, -0.15) is 0 Å². The van der Waals surface area contributed by atoms with E-state index < -0.39 is 11.7 Å². The van der Waals surface area contributed by atoms with Gasteiger partial charge in [-0.15, -0.1) is 10.2 Å². The number of aromatic nitrogens is 3. The van der Waals surface area contributed by atoms with Gasteiger partial charge >= 0.3 is 6.09 Å². The number of carbonyl (C=O) groups excluding carboxylic acids is 1. The Bertz CT molecular complexity index is 960. The van der Waals surface area contributed by atoms with Crippen molar-refractivity contribution in [2.45, 2.75) is 97.4 Å². The summed E-state index contributed by atoms with van der Waals surface area (Å²) in [4.78, 5) is 15.0. The summed E-state index contributed by atoms with van der Waals surface area (Å²) in [5.41, 5.74) is 0.147. The minimum absolute atomic E-state index is 0.204. The molecule has 0 aliphatic carbocycles. The zero-order chi connectivity index (χ0) is 25.0. The van der Waals surface area contributed by atoms with Gasteiger partial charge in [0.25, 0.3) is 0 Å². The van der Waals surface area contributed by atoms with Crippen LogP contribution in [0.3, 0.4) is 0 Å². The third-order valence-corrected chi connectivity index (χ3v) is 6.42. The van der Waals surface area contributed by atoms with Gasteiger partial charge in [0.2, 0.25) is 0 Å². The summed E-state index contributed by atoms with van der Waals surface area (Å²) in [5.74, 6) is 2.05. The number of aryl methyl sites for hydroxylation is 1. The monoisotopic (exact) mass is 473 g/mol. The van der Waals surface area contributed by atoms with E-state index in [9.17, 15) is 9.18 Å². The van der Waals surface area contributed by atoms with Crippen molar-refractivity contribution in [3.63, 3.8) is 0 Å². The number of ether oxygens (including phenoxy) is 1. The van der Waals surface area contributed by atoms with Crippen LogP contribution < -0.4 is 5.32 Å². The topological polar surface area (TPSA) is 72.3 Å². The van der Waals surface area contributed by atoms with Crippen LogP contribution in [-0.4, -0.2) is 50.5 Å². The zero-order valence-corrected chi connectivity index (χ0v) is 21.6. The van der Waals surface area contributed by atoms with Crippen LogP contribution in [-0.2, 0) is 4.74 Å². The number of halogens is 1.